The number of nitrogens with two attached hydrogens (primary N) is 1. The summed E-state index contributed by atoms with van der Waals surface area (Å²) in [7, 11) is 0. The molecule has 6 nitrogen and oxygen atoms in total. The Labute approximate surface area is 150 Å². The maximum absolute atomic E-state index is 12.5. The van der Waals surface area contributed by atoms with E-state index in [2.05, 4.69) is 5.32 Å². The quantitative estimate of drug-likeness (QED) is 0.700. The smallest absolute Gasteiger partial charge is 0.231 e. The first-order valence-electron chi connectivity index (χ1n) is 7.77. The fourth-order valence-electron chi connectivity index (χ4n) is 2.93. The van der Waals surface area contributed by atoms with Gasteiger partial charge in [-0.05, 0) is 43.1 Å². The van der Waals surface area contributed by atoms with Crippen LogP contribution in [-0.4, -0.2) is 48.1 Å². The van der Waals surface area contributed by atoms with Gasteiger partial charge in [-0.1, -0.05) is 23.2 Å². The van der Waals surface area contributed by atoms with Gasteiger partial charge in [-0.2, -0.15) is 0 Å². The van der Waals surface area contributed by atoms with E-state index in [1.165, 1.54) is 0 Å². The highest BCUT2D eigenvalue weighted by atomic mass is 35.5. The average molecular weight is 374 g/mol. The molecule has 0 bridgehead atoms. The number of aliphatic hydroxyl groups excluding tert-OH is 1. The summed E-state index contributed by atoms with van der Waals surface area (Å²) in [5, 5.41) is 13.3. The second-order valence-electron chi connectivity index (χ2n) is 5.99. The van der Waals surface area contributed by atoms with Crippen LogP contribution in [0.4, 0.5) is 0 Å². The number of rotatable bonds is 6. The summed E-state index contributed by atoms with van der Waals surface area (Å²) in [6.45, 7) is 1.11. The number of aliphatic hydroxyl groups is 1. The molecule has 0 saturated carbocycles. The van der Waals surface area contributed by atoms with Crippen LogP contribution in [0.25, 0.3) is 0 Å². The Morgan fingerprint density at radius 1 is 1.33 bits per heavy atom. The first-order chi connectivity index (χ1) is 11.4. The molecule has 1 aliphatic rings. The largest absolute Gasteiger partial charge is 0.394 e. The van der Waals surface area contributed by atoms with Gasteiger partial charge in [0.25, 0.3) is 0 Å². The van der Waals surface area contributed by atoms with E-state index in [1.807, 2.05) is 4.90 Å². The van der Waals surface area contributed by atoms with Gasteiger partial charge in [-0.3, -0.25) is 14.5 Å². The van der Waals surface area contributed by atoms with Crippen molar-refractivity contribution < 1.29 is 14.7 Å². The third kappa shape index (κ3) is 5.34. The molecular weight excluding hydrogens is 353 g/mol. The fraction of sp³-hybridized carbons (Fsp3) is 0.500. The number of benzene rings is 1. The predicted octanol–water partition coefficient (Wildman–Crippen LogP) is 1.34. The Bertz CT molecular complexity index is 592. The molecule has 0 spiro atoms. The minimum Gasteiger partial charge on any atom is -0.394 e. The van der Waals surface area contributed by atoms with Gasteiger partial charge in [-0.25, -0.2) is 0 Å². The lowest BCUT2D eigenvalue weighted by atomic mass is 9.96. The van der Waals surface area contributed by atoms with E-state index < -0.39 is 11.9 Å². The van der Waals surface area contributed by atoms with Crippen LogP contribution in [0.5, 0.6) is 0 Å². The lowest BCUT2D eigenvalue weighted by Crippen LogP contribution is -2.46. The molecule has 0 aliphatic carbocycles. The van der Waals surface area contributed by atoms with Crippen molar-refractivity contribution in [1.82, 2.24) is 10.2 Å². The molecular formula is C16H21Cl2N3O3. The summed E-state index contributed by atoms with van der Waals surface area (Å²) in [6, 6.07) is 4.33. The Morgan fingerprint density at radius 2 is 2.00 bits per heavy atom. The highest BCUT2D eigenvalue weighted by molar-refractivity contribution is 6.34. The van der Waals surface area contributed by atoms with Gasteiger partial charge >= 0.3 is 0 Å². The van der Waals surface area contributed by atoms with E-state index in [1.54, 1.807) is 18.2 Å². The highest BCUT2D eigenvalue weighted by Gasteiger charge is 2.28. The number of carbonyl (C=O) groups excluding carboxylic acids is 2. The molecule has 1 aromatic rings. The van der Waals surface area contributed by atoms with Crippen LogP contribution in [0.2, 0.25) is 10.0 Å². The first-order valence-corrected chi connectivity index (χ1v) is 8.52. The summed E-state index contributed by atoms with van der Waals surface area (Å²) in [5.41, 5.74) is 5.86. The maximum atomic E-state index is 12.5. The van der Waals surface area contributed by atoms with Crippen LogP contribution < -0.4 is 11.1 Å². The zero-order valence-corrected chi connectivity index (χ0v) is 14.7. The van der Waals surface area contributed by atoms with E-state index in [0.29, 0.717) is 22.2 Å². The van der Waals surface area contributed by atoms with Gasteiger partial charge in [0.05, 0.1) is 25.1 Å². The van der Waals surface area contributed by atoms with Crippen molar-refractivity contribution in [1.29, 1.82) is 0 Å². The molecule has 2 amide bonds. The number of nitrogens with one attached hydrogen (secondary N) is 1. The van der Waals surface area contributed by atoms with Gasteiger partial charge in [-0.15, -0.1) is 0 Å². The monoisotopic (exact) mass is 373 g/mol. The van der Waals surface area contributed by atoms with Crippen molar-refractivity contribution in [2.75, 3.05) is 26.2 Å². The number of nitrogens with zero attached hydrogens (tertiary/aromatic N) is 1. The Balaban J connectivity index is 2.02. The van der Waals surface area contributed by atoms with Crippen molar-refractivity contribution >= 4 is 35.0 Å². The molecule has 2 atom stereocenters. The second kappa shape index (κ2) is 8.67. The van der Waals surface area contributed by atoms with E-state index in [-0.39, 0.29) is 25.0 Å². The van der Waals surface area contributed by atoms with Crippen LogP contribution in [0.3, 0.4) is 0 Å². The Hall–Kier alpha value is -1.34. The Kier molecular flexibility index (Phi) is 6.86. The molecule has 0 aromatic heterocycles. The molecule has 1 fully saturated rings. The number of hydrogen-bond acceptors (Lipinski definition) is 4. The Morgan fingerprint density at radius 3 is 2.58 bits per heavy atom. The predicted molar refractivity (Wildman–Crippen MR) is 92.8 cm³/mol. The summed E-state index contributed by atoms with van der Waals surface area (Å²) < 4.78 is 0. The molecule has 2 rings (SSSR count). The lowest BCUT2D eigenvalue weighted by molar-refractivity contribution is -0.129. The molecule has 1 aliphatic heterocycles. The SMILES string of the molecule is NC(=O)CN1CCCC(C(=O)NC(CO)c2cc(Cl)cc(Cl)c2)C1. The summed E-state index contributed by atoms with van der Waals surface area (Å²) >= 11 is 11.9. The number of likely N-dealkylation sites (tertiary alicyclic amines) is 1. The third-order valence-corrected chi connectivity index (χ3v) is 4.48. The molecule has 2 unspecified atom stereocenters. The van der Waals surface area contributed by atoms with E-state index >= 15 is 0 Å². The van der Waals surface area contributed by atoms with Gasteiger partial charge < -0.3 is 16.2 Å². The van der Waals surface area contributed by atoms with Crippen molar-refractivity contribution in [3.63, 3.8) is 0 Å². The number of piperidine rings is 1. The molecule has 132 valence electrons. The number of carbonyl (C=O) groups is 2. The van der Waals surface area contributed by atoms with E-state index in [9.17, 15) is 14.7 Å². The van der Waals surface area contributed by atoms with Crippen LogP contribution in [0.1, 0.15) is 24.4 Å². The summed E-state index contributed by atoms with van der Waals surface area (Å²) in [6.07, 6.45) is 1.55. The average Bonchev–Trinajstić information content (AvgIpc) is 2.51. The number of amides is 2. The van der Waals surface area contributed by atoms with Crippen LogP contribution in [0.15, 0.2) is 18.2 Å². The fourth-order valence-corrected chi connectivity index (χ4v) is 3.48. The van der Waals surface area contributed by atoms with Crippen molar-refractivity contribution in [3.05, 3.63) is 33.8 Å². The molecule has 1 saturated heterocycles. The first kappa shape index (κ1) is 19.0. The van der Waals surface area contributed by atoms with E-state index in [0.717, 1.165) is 19.4 Å². The highest BCUT2D eigenvalue weighted by Crippen LogP contribution is 2.24. The lowest BCUT2D eigenvalue weighted by Gasteiger charge is -2.32. The van der Waals surface area contributed by atoms with Crippen molar-refractivity contribution in [3.8, 4) is 0 Å². The zero-order valence-electron chi connectivity index (χ0n) is 13.2. The topological polar surface area (TPSA) is 95.7 Å². The minimum absolute atomic E-state index is 0.150. The van der Waals surface area contributed by atoms with Gasteiger partial charge in [0.1, 0.15) is 0 Å². The summed E-state index contributed by atoms with van der Waals surface area (Å²) in [5.74, 6) is -0.820. The zero-order chi connectivity index (χ0) is 17.7. The normalized spacial score (nSPS) is 19.7. The number of halogens is 2. The van der Waals surface area contributed by atoms with E-state index in [4.69, 9.17) is 28.9 Å². The van der Waals surface area contributed by atoms with Gasteiger partial charge in [0, 0.05) is 16.6 Å². The molecule has 0 radical (unpaired) electrons. The summed E-state index contributed by atoms with van der Waals surface area (Å²) in [4.78, 5) is 25.4. The van der Waals surface area contributed by atoms with Crippen LogP contribution >= 0.6 is 23.2 Å². The second-order valence-corrected chi connectivity index (χ2v) is 6.86. The number of primary amides is 1. The third-order valence-electron chi connectivity index (χ3n) is 4.04. The van der Waals surface area contributed by atoms with Crippen LogP contribution in [-0.2, 0) is 9.59 Å². The maximum Gasteiger partial charge on any atom is 0.231 e. The number of hydrogen-bond donors (Lipinski definition) is 3. The molecule has 24 heavy (non-hydrogen) atoms. The standard InChI is InChI=1S/C16H21Cl2N3O3/c17-12-4-11(5-13(18)6-12)14(9-22)20-16(24)10-2-1-3-21(7-10)8-15(19)23/h4-6,10,14,22H,1-3,7-9H2,(H2,19,23)(H,20,24). The molecule has 1 heterocycles. The van der Waals surface area contributed by atoms with Gasteiger partial charge in [0.2, 0.25) is 11.8 Å². The minimum atomic E-state index is -0.583. The van der Waals surface area contributed by atoms with Crippen molar-refractivity contribution in [2.24, 2.45) is 11.7 Å². The molecule has 8 heteroatoms. The molecule has 4 N–H and O–H groups in total. The van der Waals surface area contributed by atoms with Crippen LogP contribution in [0, 0.1) is 5.92 Å². The van der Waals surface area contributed by atoms with Gasteiger partial charge in [0.15, 0.2) is 0 Å². The molecule has 1 aromatic carbocycles. The van der Waals surface area contributed by atoms with Crippen molar-refractivity contribution in [2.45, 2.75) is 18.9 Å².